The molecule has 138 valence electrons. The Balaban J connectivity index is 1.91. The predicted molar refractivity (Wildman–Crippen MR) is 104 cm³/mol. The van der Waals surface area contributed by atoms with E-state index < -0.39 is 0 Å². The molecule has 0 saturated carbocycles. The largest absolute Gasteiger partial charge is 0.396 e. The lowest BCUT2D eigenvalue weighted by Crippen LogP contribution is -2.39. The molecule has 26 heavy (non-hydrogen) atoms. The lowest BCUT2D eigenvalue weighted by Gasteiger charge is -2.18. The maximum atomic E-state index is 11.7. The van der Waals surface area contributed by atoms with E-state index in [1.54, 1.807) is 20.2 Å². The SMILES string of the molecule is CN=C(NCc1cccc(C(=O)NC)c1)NCC(CO)c1ccccc1. The third kappa shape index (κ3) is 5.60. The fourth-order valence-electron chi connectivity index (χ4n) is 2.61. The number of amides is 1. The number of carbonyl (C=O) groups excluding carboxylic acids is 1. The smallest absolute Gasteiger partial charge is 0.251 e. The van der Waals surface area contributed by atoms with Crippen molar-refractivity contribution in [3.8, 4) is 0 Å². The molecule has 0 bridgehead atoms. The fraction of sp³-hybridized carbons (Fsp3) is 0.300. The highest BCUT2D eigenvalue weighted by Gasteiger charge is 2.11. The van der Waals surface area contributed by atoms with E-state index >= 15 is 0 Å². The highest BCUT2D eigenvalue weighted by Crippen LogP contribution is 2.13. The predicted octanol–water partition coefficient (Wildman–Crippen LogP) is 1.49. The van der Waals surface area contributed by atoms with Crippen LogP contribution < -0.4 is 16.0 Å². The van der Waals surface area contributed by atoms with Gasteiger partial charge in [-0.1, -0.05) is 42.5 Å². The van der Waals surface area contributed by atoms with Gasteiger partial charge in [0.15, 0.2) is 5.96 Å². The Morgan fingerprint density at radius 1 is 1.12 bits per heavy atom. The van der Waals surface area contributed by atoms with Crippen LogP contribution in [-0.4, -0.2) is 44.2 Å². The second-order valence-electron chi connectivity index (χ2n) is 5.88. The normalized spacial score (nSPS) is 12.3. The van der Waals surface area contributed by atoms with E-state index in [0.717, 1.165) is 11.1 Å². The van der Waals surface area contributed by atoms with Crippen LogP contribution in [0.1, 0.15) is 27.4 Å². The topological polar surface area (TPSA) is 85.8 Å². The quantitative estimate of drug-likeness (QED) is 0.448. The number of benzene rings is 2. The molecule has 2 aromatic carbocycles. The van der Waals surface area contributed by atoms with E-state index in [-0.39, 0.29) is 18.4 Å². The first-order chi connectivity index (χ1) is 12.7. The standard InChI is InChI=1S/C20H26N4O2/c1-21-19(26)17-10-6-7-15(11-17)12-23-20(22-2)24-13-18(14-25)16-8-4-3-5-9-16/h3-11,18,25H,12-14H2,1-2H3,(H,21,26)(H2,22,23,24). The summed E-state index contributed by atoms with van der Waals surface area (Å²) in [5.41, 5.74) is 2.69. The molecule has 0 saturated heterocycles. The molecule has 2 aromatic rings. The summed E-state index contributed by atoms with van der Waals surface area (Å²) in [7, 11) is 3.32. The molecule has 0 aliphatic heterocycles. The van der Waals surface area contributed by atoms with Gasteiger partial charge >= 0.3 is 0 Å². The van der Waals surface area contributed by atoms with Crippen molar-refractivity contribution < 1.29 is 9.90 Å². The molecule has 4 N–H and O–H groups in total. The average molecular weight is 354 g/mol. The molecule has 6 heteroatoms. The lowest BCUT2D eigenvalue weighted by molar-refractivity contribution is 0.0963. The van der Waals surface area contributed by atoms with Gasteiger partial charge in [0.2, 0.25) is 0 Å². The van der Waals surface area contributed by atoms with Crippen LogP contribution in [0.15, 0.2) is 59.6 Å². The Hall–Kier alpha value is -2.86. The Morgan fingerprint density at radius 3 is 2.54 bits per heavy atom. The molecule has 0 radical (unpaired) electrons. The first-order valence-electron chi connectivity index (χ1n) is 8.59. The number of nitrogens with one attached hydrogen (secondary N) is 3. The molecule has 1 amide bonds. The molecule has 0 heterocycles. The summed E-state index contributed by atoms with van der Waals surface area (Å²) in [6.07, 6.45) is 0. The number of nitrogens with zero attached hydrogens (tertiary/aromatic N) is 1. The van der Waals surface area contributed by atoms with Crippen molar-refractivity contribution in [3.63, 3.8) is 0 Å². The molecule has 0 aliphatic carbocycles. The summed E-state index contributed by atoms with van der Waals surface area (Å²) in [6, 6.07) is 17.3. The molecule has 0 aromatic heterocycles. The van der Waals surface area contributed by atoms with Crippen molar-refractivity contribution in [2.24, 2.45) is 4.99 Å². The van der Waals surface area contributed by atoms with E-state index in [0.29, 0.717) is 24.6 Å². The maximum absolute atomic E-state index is 11.7. The molecule has 0 spiro atoms. The summed E-state index contributed by atoms with van der Waals surface area (Å²) in [4.78, 5) is 15.9. The van der Waals surface area contributed by atoms with E-state index in [2.05, 4.69) is 20.9 Å². The molecule has 0 fully saturated rings. The average Bonchev–Trinajstić information content (AvgIpc) is 2.71. The number of carbonyl (C=O) groups is 1. The number of aliphatic hydroxyl groups excluding tert-OH is 1. The molecule has 2 rings (SSSR count). The van der Waals surface area contributed by atoms with Crippen molar-refractivity contribution in [2.75, 3.05) is 27.2 Å². The monoisotopic (exact) mass is 354 g/mol. The first kappa shape index (κ1) is 19.5. The van der Waals surface area contributed by atoms with Gasteiger partial charge in [-0.05, 0) is 23.3 Å². The van der Waals surface area contributed by atoms with Gasteiger partial charge in [0.25, 0.3) is 5.91 Å². The summed E-state index contributed by atoms with van der Waals surface area (Å²) in [5.74, 6) is 0.527. The third-order valence-corrected chi connectivity index (χ3v) is 4.11. The number of aliphatic imine (C=N–C) groups is 1. The van der Waals surface area contributed by atoms with Crippen LogP contribution in [0.4, 0.5) is 0 Å². The van der Waals surface area contributed by atoms with E-state index in [4.69, 9.17) is 0 Å². The van der Waals surface area contributed by atoms with Crippen LogP contribution >= 0.6 is 0 Å². The second kappa shape index (κ2) is 10.2. The number of hydrogen-bond acceptors (Lipinski definition) is 3. The summed E-state index contributed by atoms with van der Waals surface area (Å²) < 4.78 is 0. The van der Waals surface area contributed by atoms with Crippen LogP contribution in [0.5, 0.6) is 0 Å². The number of aliphatic hydroxyl groups is 1. The van der Waals surface area contributed by atoms with Crippen LogP contribution in [0.2, 0.25) is 0 Å². The van der Waals surface area contributed by atoms with Gasteiger partial charge in [-0.15, -0.1) is 0 Å². The Kier molecular flexibility index (Phi) is 7.64. The van der Waals surface area contributed by atoms with Crippen molar-refractivity contribution in [1.82, 2.24) is 16.0 Å². The molecule has 6 nitrogen and oxygen atoms in total. The zero-order valence-electron chi connectivity index (χ0n) is 15.2. The van der Waals surface area contributed by atoms with Gasteiger partial charge in [-0.25, -0.2) is 0 Å². The van der Waals surface area contributed by atoms with Crippen molar-refractivity contribution in [3.05, 3.63) is 71.3 Å². The second-order valence-corrected chi connectivity index (χ2v) is 5.88. The van der Waals surface area contributed by atoms with Crippen LogP contribution in [-0.2, 0) is 6.54 Å². The van der Waals surface area contributed by atoms with Gasteiger partial charge in [0.05, 0.1) is 6.61 Å². The fourth-order valence-corrected chi connectivity index (χ4v) is 2.61. The van der Waals surface area contributed by atoms with Gasteiger partial charge in [-0.2, -0.15) is 0 Å². The Morgan fingerprint density at radius 2 is 1.88 bits per heavy atom. The summed E-state index contributed by atoms with van der Waals surface area (Å²) in [6.45, 7) is 1.17. The van der Waals surface area contributed by atoms with Gasteiger partial charge in [0.1, 0.15) is 0 Å². The minimum atomic E-state index is -0.108. The maximum Gasteiger partial charge on any atom is 0.251 e. The minimum absolute atomic E-state index is 0.00803. The number of rotatable bonds is 7. The van der Waals surface area contributed by atoms with Crippen LogP contribution in [0, 0.1) is 0 Å². The molecule has 1 unspecified atom stereocenters. The third-order valence-electron chi connectivity index (χ3n) is 4.11. The molecular weight excluding hydrogens is 328 g/mol. The zero-order valence-corrected chi connectivity index (χ0v) is 15.2. The Bertz CT molecular complexity index is 732. The van der Waals surface area contributed by atoms with Gasteiger partial charge < -0.3 is 21.1 Å². The van der Waals surface area contributed by atoms with Gasteiger partial charge in [0, 0.05) is 38.7 Å². The number of guanidine groups is 1. The van der Waals surface area contributed by atoms with E-state index in [9.17, 15) is 9.90 Å². The molecular formula is C20H26N4O2. The highest BCUT2D eigenvalue weighted by atomic mass is 16.3. The van der Waals surface area contributed by atoms with Crippen molar-refractivity contribution in [2.45, 2.75) is 12.5 Å². The summed E-state index contributed by atoms with van der Waals surface area (Å²) in [5, 5.41) is 18.7. The van der Waals surface area contributed by atoms with Crippen LogP contribution in [0.25, 0.3) is 0 Å². The molecule has 0 aliphatic rings. The van der Waals surface area contributed by atoms with Crippen molar-refractivity contribution in [1.29, 1.82) is 0 Å². The van der Waals surface area contributed by atoms with Gasteiger partial charge in [-0.3, -0.25) is 9.79 Å². The van der Waals surface area contributed by atoms with Crippen molar-refractivity contribution >= 4 is 11.9 Å². The molecule has 1 atom stereocenters. The summed E-state index contributed by atoms with van der Waals surface area (Å²) >= 11 is 0. The first-order valence-corrected chi connectivity index (χ1v) is 8.59. The lowest BCUT2D eigenvalue weighted by atomic mass is 10.0. The van der Waals surface area contributed by atoms with E-state index in [1.807, 2.05) is 48.5 Å². The Labute approximate surface area is 154 Å². The highest BCUT2D eigenvalue weighted by molar-refractivity contribution is 5.94. The number of hydrogen-bond donors (Lipinski definition) is 4. The van der Waals surface area contributed by atoms with Crippen LogP contribution in [0.3, 0.4) is 0 Å². The minimum Gasteiger partial charge on any atom is -0.396 e. The zero-order chi connectivity index (χ0) is 18.8. The van der Waals surface area contributed by atoms with E-state index in [1.165, 1.54) is 0 Å².